The molecule has 0 aromatic rings. The van der Waals surface area contributed by atoms with E-state index in [2.05, 4.69) is 0 Å². The SMILES string of the molecule is CC(=O)C[C@H](C=O)OCC(C)(C)Cl. The third-order valence-corrected chi connectivity index (χ3v) is 1.39. The summed E-state index contributed by atoms with van der Waals surface area (Å²) < 4.78 is 5.15. The van der Waals surface area contributed by atoms with Crippen LogP contribution in [0.3, 0.4) is 0 Å². The lowest BCUT2D eigenvalue weighted by Crippen LogP contribution is -2.26. The van der Waals surface area contributed by atoms with Crippen LogP contribution in [0.25, 0.3) is 0 Å². The quantitative estimate of drug-likeness (QED) is 0.490. The van der Waals surface area contributed by atoms with Crippen LogP contribution in [0, 0.1) is 0 Å². The number of ketones is 1. The number of alkyl halides is 1. The van der Waals surface area contributed by atoms with Crippen molar-refractivity contribution in [1.29, 1.82) is 0 Å². The Balaban J connectivity index is 3.86. The molecule has 0 radical (unpaired) electrons. The van der Waals surface area contributed by atoms with Crippen molar-refractivity contribution in [1.82, 2.24) is 0 Å². The van der Waals surface area contributed by atoms with Crippen LogP contribution in [0.4, 0.5) is 0 Å². The summed E-state index contributed by atoms with van der Waals surface area (Å²) in [7, 11) is 0. The van der Waals surface area contributed by atoms with Crippen molar-refractivity contribution >= 4 is 23.7 Å². The third kappa shape index (κ3) is 7.94. The normalized spacial score (nSPS) is 13.8. The molecular formula is C9H15ClO3. The molecule has 0 heterocycles. The van der Waals surface area contributed by atoms with E-state index in [0.717, 1.165) is 0 Å². The van der Waals surface area contributed by atoms with Gasteiger partial charge in [-0.05, 0) is 20.8 Å². The minimum Gasteiger partial charge on any atom is -0.368 e. The highest BCUT2D eigenvalue weighted by Crippen LogP contribution is 2.13. The van der Waals surface area contributed by atoms with E-state index >= 15 is 0 Å². The Morgan fingerprint density at radius 2 is 2.15 bits per heavy atom. The molecule has 0 aromatic carbocycles. The number of halogens is 1. The predicted molar refractivity (Wildman–Crippen MR) is 51.0 cm³/mol. The molecule has 0 N–H and O–H groups in total. The Labute approximate surface area is 83.4 Å². The lowest BCUT2D eigenvalue weighted by Gasteiger charge is -2.18. The standard InChI is InChI=1S/C9H15ClO3/c1-7(12)4-8(5-11)13-6-9(2,3)10/h5,8H,4,6H2,1-3H3/t8-/m1/s1. The van der Waals surface area contributed by atoms with Crippen LogP contribution < -0.4 is 0 Å². The highest BCUT2D eigenvalue weighted by molar-refractivity contribution is 6.23. The van der Waals surface area contributed by atoms with Gasteiger partial charge in [0.25, 0.3) is 0 Å². The molecule has 0 unspecified atom stereocenters. The Hall–Kier alpha value is -0.410. The maximum Gasteiger partial charge on any atom is 0.149 e. The molecule has 13 heavy (non-hydrogen) atoms. The summed E-state index contributed by atoms with van der Waals surface area (Å²) in [5.74, 6) is -0.0653. The first-order valence-corrected chi connectivity index (χ1v) is 4.48. The number of carbonyl (C=O) groups is 2. The van der Waals surface area contributed by atoms with Gasteiger partial charge in [-0.25, -0.2) is 0 Å². The van der Waals surface area contributed by atoms with Gasteiger partial charge in [0.05, 0.1) is 11.5 Å². The largest absolute Gasteiger partial charge is 0.368 e. The number of carbonyl (C=O) groups excluding carboxylic acids is 2. The molecule has 0 aromatic heterocycles. The molecule has 4 heteroatoms. The molecule has 0 aliphatic rings. The molecule has 0 amide bonds. The van der Waals surface area contributed by atoms with E-state index in [4.69, 9.17) is 16.3 Å². The van der Waals surface area contributed by atoms with E-state index in [1.54, 1.807) is 13.8 Å². The van der Waals surface area contributed by atoms with E-state index in [1.165, 1.54) is 6.92 Å². The maximum atomic E-state index is 10.7. The fourth-order valence-corrected chi connectivity index (χ4v) is 0.798. The van der Waals surface area contributed by atoms with E-state index in [9.17, 15) is 9.59 Å². The van der Waals surface area contributed by atoms with Crippen molar-refractivity contribution in [3.63, 3.8) is 0 Å². The monoisotopic (exact) mass is 206 g/mol. The van der Waals surface area contributed by atoms with Crippen molar-refractivity contribution < 1.29 is 14.3 Å². The first-order chi connectivity index (χ1) is 5.85. The van der Waals surface area contributed by atoms with Gasteiger partial charge in [-0.3, -0.25) is 4.79 Å². The first-order valence-electron chi connectivity index (χ1n) is 4.10. The number of ether oxygens (including phenoxy) is 1. The molecule has 0 aliphatic carbocycles. The van der Waals surface area contributed by atoms with Crippen molar-refractivity contribution in [3.8, 4) is 0 Å². The van der Waals surface area contributed by atoms with Crippen LogP contribution in [0.15, 0.2) is 0 Å². The first kappa shape index (κ1) is 12.6. The van der Waals surface area contributed by atoms with Crippen LogP contribution in [0.2, 0.25) is 0 Å². The van der Waals surface area contributed by atoms with Gasteiger partial charge in [-0.1, -0.05) is 0 Å². The van der Waals surface area contributed by atoms with Gasteiger partial charge in [-0.15, -0.1) is 11.6 Å². The topological polar surface area (TPSA) is 43.4 Å². The molecular weight excluding hydrogens is 192 g/mol. The molecule has 0 fully saturated rings. The average Bonchev–Trinajstić information content (AvgIpc) is 1.95. The summed E-state index contributed by atoms with van der Waals surface area (Å²) in [5, 5.41) is 0. The average molecular weight is 207 g/mol. The van der Waals surface area contributed by atoms with Crippen molar-refractivity contribution in [2.75, 3.05) is 6.61 Å². The third-order valence-electron chi connectivity index (χ3n) is 1.28. The second-order valence-corrected chi connectivity index (χ2v) is 4.63. The van der Waals surface area contributed by atoms with Crippen molar-refractivity contribution in [2.45, 2.75) is 38.2 Å². The Kier molecular flexibility index (Phi) is 5.18. The summed E-state index contributed by atoms with van der Waals surface area (Å²) in [6.45, 7) is 5.24. The molecule has 0 bridgehead atoms. The molecule has 0 saturated carbocycles. The maximum absolute atomic E-state index is 10.7. The smallest absolute Gasteiger partial charge is 0.149 e. The van der Waals surface area contributed by atoms with Crippen molar-refractivity contribution in [3.05, 3.63) is 0 Å². The summed E-state index contributed by atoms with van der Waals surface area (Å²) in [5.41, 5.74) is 0. The lowest BCUT2D eigenvalue weighted by molar-refractivity contribution is -0.127. The number of Topliss-reactive ketones (excluding diaryl/α,β-unsaturated/α-hetero) is 1. The van der Waals surface area contributed by atoms with E-state index in [-0.39, 0.29) is 18.8 Å². The van der Waals surface area contributed by atoms with Gasteiger partial charge in [0.1, 0.15) is 18.2 Å². The van der Waals surface area contributed by atoms with Crippen LogP contribution in [0.1, 0.15) is 27.2 Å². The fourth-order valence-electron chi connectivity index (χ4n) is 0.735. The zero-order valence-electron chi connectivity index (χ0n) is 8.17. The fraction of sp³-hybridized carbons (Fsp3) is 0.778. The second kappa shape index (κ2) is 5.35. The number of aldehydes is 1. The lowest BCUT2D eigenvalue weighted by atomic mass is 10.2. The summed E-state index contributed by atoms with van der Waals surface area (Å²) in [6, 6.07) is 0. The van der Waals surface area contributed by atoms with Gasteiger partial charge in [-0.2, -0.15) is 0 Å². The molecule has 0 aliphatic heterocycles. The predicted octanol–water partition coefficient (Wildman–Crippen LogP) is 1.57. The zero-order valence-corrected chi connectivity index (χ0v) is 8.93. The van der Waals surface area contributed by atoms with Crippen LogP contribution in [-0.4, -0.2) is 29.7 Å². The Morgan fingerprint density at radius 1 is 1.62 bits per heavy atom. The molecule has 3 nitrogen and oxygen atoms in total. The number of hydrogen-bond acceptors (Lipinski definition) is 3. The van der Waals surface area contributed by atoms with Crippen molar-refractivity contribution in [2.24, 2.45) is 0 Å². The summed E-state index contributed by atoms with van der Waals surface area (Å²) >= 11 is 5.84. The van der Waals surface area contributed by atoms with Gasteiger partial charge < -0.3 is 9.53 Å². The highest BCUT2D eigenvalue weighted by Gasteiger charge is 2.18. The number of hydrogen-bond donors (Lipinski definition) is 0. The van der Waals surface area contributed by atoms with Gasteiger partial charge in [0.15, 0.2) is 0 Å². The Morgan fingerprint density at radius 3 is 2.46 bits per heavy atom. The van der Waals surface area contributed by atoms with Crippen LogP contribution in [-0.2, 0) is 14.3 Å². The molecule has 1 atom stereocenters. The molecule has 76 valence electrons. The molecule has 0 spiro atoms. The van der Waals surface area contributed by atoms with E-state index in [1.807, 2.05) is 0 Å². The van der Waals surface area contributed by atoms with Crippen LogP contribution >= 0.6 is 11.6 Å². The second-order valence-electron chi connectivity index (χ2n) is 3.61. The molecule has 0 saturated heterocycles. The zero-order chi connectivity index (χ0) is 10.5. The molecule has 0 rings (SSSR count). The Bertz CT molecular complexity index is 184. The van der Waals surface area contributed by atoms with E-state index in [0.29, 0.717) is 6.29 Å². The minimum atomic E-state index is -0.657. The number of rotatable bonds is 6. The van der Waals surface area contributed by atoms with Gasteiger partial charge in [0.2, 0.25) is 0 Å². The van der Waals surface area contributed by atoms with Crippen LogP contribution in [0.5, 0.6) is 0 Å². The summed E-state index contributed by atoms with van der Waals surface area (Å²) in [4.78, 5) is 20.6. The highest BCUT2D eigenvalue weighted by atomic mass is 35.5. The van der Waals surface area contributed by atoms with Gasteiger partial charge >= 0.3 is 0 Å². The minimum absolute atomic E-state index is 0.0653. The summed E-state index contributed by atoms with van der Waals surface area (Å²) in [6.07, 6.45) is 0.0936. The van der Waals surface area contributed by atoms with Gasteiger partial charge in [0, 0.05) is 6.42 Å². The van der Waals surface area contributed by atoms with E-state index < -0.39 is 11.0 Å².